The van der Waals surface area contributed by atoms with Crippen molar-refractivity contribution in [2.75, 3.05) is 11.9 Å². The van der Waals surface area contributed by atoms with Gasteiger partial charge in [0.25, 0.3) is 5.56 Å². The van der Waals surface area contributed by atoms with E-state index in [1.54, 1.807) is 31.2 Å². The fraction of sp³-hybridized carbons (Fsp3) is 0.143. The minimum Gasteiger partial charge on any atom is -0.462 e. The fourth-order valence-electron chi connectivity index (χ4n) is 2.60. The average molecular weight is 377 g/mol. The first-order valence-electron chi connectivity index (χ1n) is 8.77. The molecule has 1 N–H and O–H groups in total. The SMILES string of the molecule is CCOC(=O)c1cccc(NC(=O)Cn2nc(-c3ccccc3)ccc2=O)c1. The molecule has 0 aliphatic rings. The zero-order valence-electron chi connectivity index (χ0n) is 15.3. The van der Waals surface area contributed by atoms with E-state index < -0.39 is 11.9 Å². The zero-order valence-corrected chi connectivity index (χ0v) is 15.3. The second kappa shape index (κ2) is 8.77. The van der Waals surface area contributed by atoms with Gasteiger partial charge in [0, 0.05) is 17.3 Å². The standard InChI is InChI=1S/C21H19N3O4/c1-2-28-21(27)16-9-6-10-17(13-16)22-19(25)14-24-20(26)12-11-18(23-24)15-7-4-3-5-8-15/h3-13H,2,14H2,1H3,(H,22,25). The van der Waals surface area contributed by atoms with E-state index in [1.807, 2.05) is 30.3 Å². The summed E-state index contributed by atoms with van der Waals surface area (Å²) >= 11 is 0. The van der Waals surface area contributed by atoms with Crippen molar-refractivity contribution >= 4 is 17.6 Å². The van der Waals surface area contributed by atoms with Crippen molar-refractivity contribution in [2.45, 2.75) is 13.5 Å². The summed E-state index contributed by atoms with van der Waals surface area (Å²) < 4.78 is 6.05. The fourth-order valence-corrected chi connectivity index (χ4v) is 2.60. The van der Waals surface area contributed by atoms with Gasteiger partial charge in [0.1, 0.15) is 6.54 Å². The van der Waals surface area contributed by atoms with Crippen LogP contribution in [0.2, 0.25) is 0 Å². The molecular weight excluding hydrogens is 358 g/mol. The van der Waals surface area contributed by atoms with Crippen LogP contribution >= 0.6 is 0 Å². The Morgan fingerprint density at radius 1 is 1.04 bits per heavy atom. The molecular formula is C21H19N3O4. The summed E-state index contributed by atoms with van der Waals surface area (Å²) in [6.45, 7) is 1.74. The molecule has 1 heterocycles. The lowest BCUT2D eigenvalue weighted by Gasteiger charge is -2.09. The molecule has 0 aliphatic carbocycles. The molecule has 3 rings (SSSR count). The maximum atomic E-state index is 12.4. The Morgan fingerprint density at radius 2 is 1.82 bits per heavy atom. The van der Waals surface area contributed by atoms with Gasteiger partial charge < -0.3 is 10.1 Å². The largest absolute Gasteiger partial charge is 0.462 e. The quantitative estimate of drug-likeness (QED) is 0.667. The third-order valence-corrected chi connectivity index (χ3v) is 3.89. The van der Waals surface area contributed by atoms with E-state index in [9.17, 15) is 14.4 Å². The van der Waals surface area contributed by atoms with Crippen molar-refractivity contribution < 1.29 is 14.3 Å². The molecule has 0 saturated heterocycles. The van der Waals surface area contributed by atoms with Crippen molar-refractivity contribution in [3.05, 3.63) is 82.6 Å². The van der Waals surface area contributed by atoms with E-state index in [0.717, 1.165) is 10.2 Å². The minimum absolute atomic E-state index is 0.247. The second-order valence-electron chi connectivity index (χ2n) is 5.93. The molecule has 7 heteroatoms. The Balaban J connectivity index is 1.74. The first kappa shape index (κ1) is 19.0. The topological polar surface area (TPSA) is 90.3 Å². The van der Waals surface area contributed by atoms with Crippen LogP contribution in [0, 0.1) is 0 Å². The Bertz CT molecular complexity index is 1040. The number of anilines is 1. The lowest BCUT2D eigenvalue weighted by atomic mass is 10.1. The van der Waals surface area contributed by atoms with Gasteiger partial charge in [0.05, 0.1) is 17.9 Å². The molecule has 0 unspecified atom stereocenters. The van der Waals surface area contributed by atoms with Crippen LogP contribution in [0.25, 0.3) is 11.3 Å². The summed E-state index contributed by atoms with van der Waals surface area (Å²) in [5.41, 5.74) is 1.83. The maximum Gasteiger partial charge on any atom is 0.338 e. The monoisotopic (exact) mass is 377 g/mol. The molecule has 0 spiro atoms. The average Bonchev–Trinajstić information content (AvgIpc) is 2.70. The summed E-state index contributed by atoms with van der Waals surface area (Å²) in [7, 11) is 0. The van der Waals surface area contributed by atoms with Crippen LogP contribution in [0.4, 0.5) is 5.69 Å². The molecule has 1 amide bonds. The number of benzene rings is 2. The third-order valence-electron chi connectivity index (χ3n) is 3.89. The number of carbonyl (C=O) groups is 2. The number of carbonyl (C=O) groups excluding carboxylic acids is 2. The number of amides is 1. The number of nitrogens with zero attached hydrogens (tertiary/aromatic N) is 2. The molecule has 0 aliphatic heterocycles. The third kappa shape index (κ3) is 4.70. The van der Waals surface area contributed by atoms with E-state index >= 15 is 0 Å². The predicted octanol–water partition coefficient (Wildman–Crippen LogP) is 2.73. The Hall–Kier alpha value is -3.74. The molecule has 3 aromatic rings. The minimum atomic E-state index is -0.466. The molecule has 0 radical (unpaired) electrons. The van der Waals surface area contributed by atoms with Gasteiger partial charge in [-0.2, -0.15) is 5.10 Å². The molecule has 28 heavy (non-hydrogen) atoms. The van der Waals surface area contributed by atoms with Gasteiger partial charge in [0.2, 0.25) is 5.91 Å². The Labute approximate surface area is 161 Å². The first-order valence-corrected chi connectivity index (χ1v) is 8.77. The molecule has 2 aromatic carbocycles. The van der Waals surface area contributed by atoms with E-state index in [-0.39, 0.29) is 18.7 Å². The van der Waals surface area contributed by atoms with Crippen molar-refractivity contribution in [3.63, 3.8) is 0 Å². The Morgan fingerprint density at radius 3 is 2.57 bits per heavy atom. The summed E-state index contributed by atoms with van der Waals surface area (Å²) in [6.07, 6.45) is 0. The lowest BCUT2D eigenvalue weighted by Crippen LogP contribution is -2.29. The number of aromatic nitrogens is 2. The van der Waals surface area contributed by atoms with Crippen LogP contribution in [0.15, 0.2) is 71.5 Å². The van der Waals surface area contributed by atoms with Gasteiger partial charge in [-0.1, -0.05) is 36.4 Å². The van der Waals surface area contributed by atoms with Crippen molar-refractivity contribution in [3.8, 4) is 11.3 Å². The highest BCUT2D eigenvalue weighted by Crippen LogP contribution is 2.14. The van der Waals surface area contributed by atoms with Gasteiger partial charge in [-0.3, -0.25) is 9.59 Å². The van der Waals surface area contributed by atoms with E-state index in [1.165, 1.54) is 12.1 Å². The van der Waals surface area contributed by atoms with Gasteiger partial charge in [-0.25, -0.2) is 9.48 Å². The van der Waals surface area contributed by atoms with Gasteiger partial charge in [-0.15, -0.1) is 0 Å². The van der Waals surface area contributed by atoms with E-state index in [0.29, 0.717) is 16.9 Å². The number of ether oxygens (including phenoxy) is 1. The molecule has 0 fully saturated rings. The molecule has 0 bridgehead atoms. The number of hydrogen-bond acceptors (Lipinski definition) is 5. The molecule has 0 saturated carbocycles. The summed E-state index contributed by atoms with van der Waals surface area (Å²) in [4.78, 5) is 36.2. The van der Waals surface area contributed by atoms with E-state index in [4.69, 9.17) is 4.74 Å². The highest BCUT2D eigenvalue weighted by Gasteiger charge is 2.11. The van der Waals surface area contributed by atoms with Crippen molar-refractivity contribution in [1.29, 1.82) is 0 Å². The van der Waals surface area contributed by atoms with Crippen LogP contribution in [0.3, 0.4) is 0 Å². The summed E-state index contributed by atoms with van der Waals surface area (Å²) in [6, 6.07) is 18.8. The number of hydrogen-bond donors (Lipinski definition) is 1. The zero-order chi connectivity index (χ0) is 19.9. The Kier molecular flexibility index (Phi) is 5.96. The molecule has 142 valence electrons. The van der Waals surface area contributed by atoms with Crippen LogP contribution in [-0.2, 0) is 16.1 Å². The predicted molar refractivity (Wildman–Crippen MR) is 105 cm³/mol. The highest BCUT2D eigenvalue weighted by atomic mass is 16.5. The van der Waals surface area contributed by atoms with Gasteiger partial charge >= 0.3 is 5.97 Å². The van der Waals surface area contributed by atoms with Gasteiger partial charge in [-0.05, 0) is 31.2 Å². The van der Waals surface area contributed by atoms with Crippen molar-refractivity contribution in [1.82, 2.24) is 9.78 Å². The van der Waals surface area contributed by atoms with Crippen LogP contribution in [-0.4, -0.2) is 28.3 Å². The smallest absolute Gasteiger partial charge is 0.338 e. The van der Waals surface area contributed by atoms with Crippen LogP contribution in [0.1, 0.15) is 17.3 Å². The summed E-state index contributed by atoms with van der Waals surface area (Å²) in [5.74, 6) is -0.895. The van der Waals surface area contributed by atoms with E-state index in [2.05, 4.69) is 10.4 Å². The lowest BCUT2D eigenvalue weighted by molar-refractivity contribution is -0.117. The molecule has 1 aromatic heterocycles. The summed E-state index contributed by atoms with van der Waals surface area (Å²) in [5, 5.41) is 6.93. The maximum absolute atomic E-state index is 12.4. The molecule has 7 nitrogen and oxygen atoms in total. The highest BCUT2D eigenvalue weighted by molar-refractivity contribution is 5.94. The first-order chi connectivity index (χ1) is 13.6. The number of esters is 1. The van der Waals surface area contributed by atoms with Crippen LogP contribution < -0.4 is 10.9 Å². The normalized spacial score (nSPS) is 10.3. The number of nitrogens with one attached hydrogen (secondary N) is 1. The van der Waals surface area contributed by atoms with Gasteiger partial charge in [0.15, 0.2) is 0 Å². The van der Waals surface area contributed by atoms with Crippen molar-refractivity contribution in [2.24, 2.45) is 0 Å². The molecule has 0 atom stereocenters. The van der Waals surface area contributed by atoms with Crippen LogP contribution in [0.5, 0.6) is 0 Å². The number of rotatable bonds is 6. The second-order valence-corrected chi connectivity index (χ2v) is 5.93.